The molecule has 1 amide bonds. The fraction of sp³-hybridized carbons (Fsp3) is 0.300. The van der Waals surface area contributed by atoms with Gasteiger partial charge in [0, 0.05) is 10.4 Å². The van der Waals surface area contributed by atoms with Crippen LogP contribution in [0, 0.1) is 0 Å². The van der Waals surface area contributed by atoms with E-state index in [-0.39, 0.29) is 12.2 Å². The first kappa shape index (κ1) is 27.1. The number of hydrogen-bond acceptors (Lipinski definition) is 7. The predicted molar refractivity (Wildman–Crippen MR) is 148 cm³/mol. The highest BCUT2D eigenvalue weighted by Crippen LogP contribution is 2.38. The minimum absolute atomic E-state index is 0.242. The number of fused-ring (bicyclic) bond motifs is 1. The van der Waals surface area contributed by atoms with Crippen molar-refractivity contribution in [3.05, 3.63) is 81.7 Å². The van der Waals surface area contributed by atoms with E-state index in [9.17, 15) is 14.4 Å². The lowest BCUT2D eigenvalue weighted by atomic mass is 9.95. The number of rotatable bonds is 9. The average molecular weight is 534 g/mol. The van der Waals surface area contributed by atoms with Crippen molar-refractivity contribution in [1.29, 1.82) is 0 Å². The zero-order chi connectivity index (χ0) is 27.1. The van der Waals surface area contributed by atoms with E-state index in [0.717, 1.165) is 36.1 Å². The number of thiophene rings is 1. The number of aryl methyl sites for hydroxylation is 1. The number of benzene rings is 2. The van der Waals surface area contributed by atoms with Gasteiger partial charge in [-0.25, -0.2) is 9.59 Å². The van der Waals surface area contributed by atoms with Crippen LogP contribution in [0.15, 0.2) is 54.6 Å². The van der Waals surface area contributed by atoms with E-state index in [1.54, 1.807) is 38.3 Å². The van der Waals surface area contributed by atoms with Gasteiger partial charge in [0.15, 0.2) is 6.10 Å². The molecular formula is C30H31NO6S. The Labute approximate surface area is 226 Å². The molecule has 1 N–H and O–H groups in total. The SMILES string of the molecule is CCOC(=O)c1c(NC(=O)C(C)OC(=O)/C(=C/c2ccccc2OC)c2ccccc2)sc2c1CCCC2. The summed E-state index contributed by atoms with van der Waals surface area (Å²) in [7, 11) is 1.56. The van der Waals surface area contributed by atoms with Crippen LogP contribution in [0.4, 0.5) is 5.00 Å². The molecule has 0 saturated carbocycles. The van der Waals surface area contributed by atoms with Crippen LogP contribution in [0.2, 0.25) is 0 Å². The van der Waals surface area contributed by atoms with Gasteiger partial charge in [-0.15, -0.1) is 11.3 Å². The number of ether oxygens (including phenoxy) is 3. The Hall–Kier alpha value is -3.91. The highest BCUT2D eigenvalue weighted by atomic mass is 32.1. The third-order valence-corrected chi connectivity index (χ3v) is 7.49. The predicted octanol–water partition coefficient (Wildman–Crippen LogP) is 5.92. The van der Waals surface area contributed by atoms with Gasteiger partial charge in [0.2, 0.25) is 0 Å². The molecule has 1 aliphatic carbocycles. The Morgan fingerprint density at radius 1 is 1.03 bits per heavy atom. The van der Waals surface area contributed by atoms with Crippen LogP contribution in [0.1, 0.15) is 58.6 Å². The van der Waals surface area contributed by atoms with Gasteiger partial charge in [0.05, 0.1) is 24.9 Å². The largest absolute Gasteiger partial charge is 0.496 e. The van der Waals surface area contributed by atoms with Gasteiger partial charge in [0.25, 0.3) is 5.91 Å². The zero-order valence-corrected chi connectivity index (χ0v) is 22.6. The summed E-state index contributed by atoms with van der Waals surface area (Å²) in [5.74, 6) is -1.02. The maximum atomic E-state index is 13.4. The van der Waals surface area contributed by atoms with Crippen molar-refractivity contribution >= 4 is 45.8 Å². The maximum absolute atomic E-state index is 13.4. The third-order valence-electron chi connectivity index (χ3n) is 6.28. The molecule has 198 valence electrons. The van der Waals surface area contributed by atoms with Crippen molar-refractivity contribution < 1.29 is 28.6 Å². The first-order chi connectivity index (χ1) is 18.4. The smallest absolute Gasteiger partial charge is 0.341 e. The quantitative estimate of drug-likeness (QED) is 0.209. The first-order valence-electron chi connectivity index (χ1n) is 12.7. The molecule has 1 heterocycles. The van der Waals surface area contributed by atoms with E-state index in [1.165, 1.54) is 18.3 Å². The van der Waals surface area contributed by atoms with Crippen LogP contribution in [0.3, 0.4) is 0 Å². The Bertz CT molecular complexity index is 1340. The minimum Gasteiger partial charge on any atom is -0.496 e. The molecule has 0 aliphatic heterocycles. The maximum Gasteiger partial charge on any atom is 0.341 e. The molecule has 8 heteroatoms. The second-order valence-corrected chi connectivity index (χ2v) is 9.94. The highest BCUT2D eigenvalue weighted by Gasteiger charge is 2.29. The highest BCUT2D eigenvalue weighted by molar-refractivity contribution is 7.17. The van der Waals surface area contributed by atoms with Crippen LogP contribution < -0.4 is 10.1 Å². The van der Waals surface area contributed by atoms with Crippen LogP contribution in [0.25, 0.3) is 11.6 Å². The molecule has 0 bridgehead atoms. The lowest BCUT2D eigenvalue weighted by molar-refractivity contribution is -0.147. The monoisotopic (exact) mass is 533 g/mol. The fourth-order valence-electron chi connectivity index (χ4n) is 4.38. The standard InChI is InChI=1S/C30H31NO6S/c1-4-36-30(34)26-22-15-9-11-17-25(22)38-28(26)31-27(32)19(2)37-29(33)23(20-12-6-5-7-13-20)18-21-14-8-10-16-24(21)35-3/h5-8,10,12-14,16,18-19H,4,9,11,15,17H2,1-3H3,(H,31,32)/b23-18+. The van der Waals surface area contributed by atoms with Crippen molar-refractivity contribution in [2.75, 3.05) is 19.0 Å². The van der Waals surface area contributed by atoms with Crippen molar-refractivity contribution in [1.82, 2.24) is 0 Å². The van der Waals surface area contributed by atoms with Gasteiger partial charge in [-0.3, -0.25) is 4.79 Å². The summed E-state index contributed by atoms with van der Waals surface area (Å²) in [6.07, 6.45) is 4.24. The first-order valence-corrected chi connectivity index (χ1v) is 13.5. The number of para-hydroxylation sites is 1. The number of anilines is 1. The number of carbonyl (C=O) groups is 3. The Balaban J connectivity index is 1.57. The summed E-state index contributed by atoms with van der Waals surface area (Å²) in [5.41, 5.74) is 3.00. The van der Waals surface area contributed by atoms with Crippen molar-refractivity contribution in [3.63, 3.8) is 0 Å². The molecule has 0 spiro atoms. The van der Waals surface area contributed by atoms with Crippen LogP contribution in [-0.4, -0.2) is 37.7 Å². The number of nitrogens with one attached hydrogen (secondary N) is 1. The number of amides is 1. The minimum atomic E-state index is -1.11. The zero-order valence-electron chi connectivity index (χ0n) is 21.7. The topological polar surface area (TPSA) is 90.9 Å². The summed E-state index contributed by atoms with van der Waals surface area (Å²) in [5, 5.41) is 3.26. The third kappa shape index (κ3) is 6.14. The normalized spacial score (nSPS) is 13.7. The fourth-order valence-corrected chi connectivity index (χ4v) is 5.66. The molecule has 38 heavy (non-hydrogen) atoms. The summed E-state index contributed by atoms with van der Waals surface area (Å²) in [6, 6.07) is 16.4. The average Bonchev–Trinajstić information content (AvgIpc) is 3.30. The van der Waals surface area contributed by atoms with Crippen molar-refractivity contribution in [2.45, 2.75) is 45.6 Å². The van der Waals surface area contributed by atoms with E-state index in [2.05, 4.69) is 5.32 Å². The number of methoxy groups -OCH3 is 1. The Kier molecular flexibility index (Phi) is 8.97. The molecular weight excluding hydrogens is 502 g/mol. The summed E-state index contributed by atoms with van der Waals surface area (Å²) < 4.78 is 16.3. The molecule has 4 rings (SSSR count). The van der Waals surface area contributed by atoms with E-state index >= 15 is 0 Å². The van der Waals surface area contributed by atoms with E-state index in [1.807, 2.05) is 36.4 Å². The lowest BCUT2D eigenvalue weighted by Gasteiger charge is -2.16. The van der Waals surface area contributed by atoms with E-state index in [4.69, 9.17) is 14.2 Å². The van der Waals surface area contributed by atoms with Gasteiger partial charge in [-0.2, -0.15) is 0 Å². The van der Waals surface area contributed by atoms with Gasteiger partial charge >= 0.3 is 11.9 Å². The Morgan fingerprint density at radius 2 is 1.74 bits per heavy atom. The van der Waals surface area contributed by atoms with Crippen molar-refractivity contribution in [2.24, 2.45) is 0 Å². The number of carbonyl (C=O) groups excluding carboxylic acids is 3. The second kappa shape index (κ2) is 12.6. The summed E-state index contributed by atoms with van der Waals surface area (Å²) in [6.45, 7) is 3.50. The van der Waals surface area contributed by atoms with Gasteiger partial charge in [-0.05, 0) is 62.8 Å². The van der Waals surface area contributed by atoms with Crippen molar-refractivity contribution in [3.8, 4) is 5.75 Å². The molecule has 7 nitrogen and oxygen atoms in total. The lowest BCUT2D eigenvalue weighted by Crippen LogP contribution is -2.30. The van der Waals surface area contributed by atoms with Crippen LogP contribution >= 0.6 is 11.3 Å². The van der Waals surface area contributed by atoms with Gasteiger partial charge in [0.1, 0.15) is 10.8 Å². The van der Waals surface area contributed by atoms with Crippen LogP contribution in [-0.2, 0) is 31.9 Å². The van der Waals surface area contributed by atoms with Gasteiger partial charge in [-0.1, -0.05) is 48.5 Å². The Morgan fingerprint density at radius 3 is 2.47 bits per heavy atom. The summed E-state index contributed by atoms with van der Waals surface area (Å²) >= 11 is 1.39. The molecule has 0 saturated heterocycles. The van der Waals surface area contributed by atoms with Crippen LogP contribution in [0.5, 0.6) is 5.75 Å². The number of esters is 2. The molecule has 0 radical (unpaired) electrons. The van der Waals surface area contributed by atoms with E-state index < -0.39 is 23.9 Å². The molecule has 0 fully saturated rings. The second-order valence-electron chi connectivity index (χ2n) is 8.84. The molecule has 2 aromatic carbocycles. The van der Waals surface area contributed by atoms with E-state index in [0.29, 0.717) is 27.4 Å². The molecule has 1 atom stereocenters. The van der Waals surface area contributed by atoms with Gasteiger partial charge < -0.3 is 19.5 Å². The molecule has 1 aromatic heterocycles. The molecule has 1 unspecified atom stereocenters. The molecule has 3 aromatic rings. The molecule has 1 aliphatic rings. The number of hydrogen-bond donors (Lipinski definition) is 1. The summed E-state index contributed by atoms with van der Waals surface area (Å²) in [4.78, 5) is 40.3.